The number of hydrogen-bond acceptors (Lipinski definition) is 5. The Bertz CT molecular complexity index is 797. The van der Waals surface area contributed by atoms with Crippen molar-refractivity contribution in [2.24, 2.45) is 0 Å². The van der Waals surface area contributed by atoms with E-state index in [9.17, 15) is 19.8 Å². The molecule has 6 heteroatoms. The number of aliphatic hydroxyl groups excluding tert-OH is 2. The van der Waals surface area contributed by atoms with Gasteiger partial charge in [0.15, 0.2) is 0 Å². The molecule has 0 aliphatic heterocycles. The van der Waals surface area contributed by atoms with Gasteiger partial charge in [0.1, 0.15) is 0 Å². The Balaban J connectivity index is 3.51. The van der Waals surface area contributed by atoms with Crippen molar-refractivity contribution in [3.8, 4) is 0 Å². The number of allylic oxidation sites excluding steroid dienone is 3. The lowest BCUT2D eigenvalue weighted by Gasteiger charge is -2.20. The van der Waals surface area contributed by atoms with Crippen LogP contribution in [0.1, 0.15) is 226 Å². The second kappa shape index (κ2) is 41.1. The molecular weight excluding hydrogens is 634 g/mol. The van der Waals surface area contributed by atoms with Crippen LogP contribution in [0.2, 0.25) is 0 Å². The van der Waals surface area contributed by atoms with Gasteiger partial charge in [-0.25, -0.2) is 0 Å². The van der Waals surface area contributed by atoms with Gasteiger partial charge in [0, 0.05) is 12.8 Å². The lowest BCUT2D eigenvalue weighted by molar-refractivity contribution is -0.143. The van der Waals surface area contributed by atoms with Crippen molar-refractivity contribution in [3.05, 3.63) is 24.3 Å². The fraction of sp³-hybridized carbons (Fsp3) is 0.867. The zero-order chi connectivity index (χ0) is 37.3. The highest BCUT2D eigenvalue weighted by atomic mass is 16.5. The molecule has 0 rings (SSSR count). The normalized spacial score (nSPS) is 12.9. The van der Waals surface area contributed by atoms with Gasteiger partial charge in [0.05, 0.1) is 25.4 Å². The first-order valence-electron chi connectivity index (χ1n) is 22.1. The zero-order valence-corrected chi connectivity index (χ0v) is 33.8. The third-order valence-corrected chi connectivity index (χ3v) is 9.97. The average Bonchev–Trinajstić information content (AvgIpc) is 3.13. The molecule has 0 spiro atoms. The van der Waals surface area contributed by atoms with Crippen LogP contribution in [0.4, 0.5) is 0 Å². The third-order valence-electron chi connectivity index (χ3n) is 9.97. The van der Waals surface area contributed by atoms with E-state index in [4.69, 9.17) is 4.74 Å². The van der Waals surface area contributed by atoms with Gasteiger partial charge < -0.3 is 20.3 Å². The highest BCUT2D eigenvalue weighted by molar-refractivity contribution is 5.76. The highest BCUT2D eigenvalue weighted by Gasteiger charge is 2.18. The van der Waals surface area contributed by atoms with Crippen LogP contribution in [0.3, 0.4) is 0 Å². The molecule has 51 heavy (non-hydrogen) atoms. The number of aliphatic hydroxyl groups is 2. The smallest absolute Gasteiger partial charge is 0.305 e. The minimum absolute atomic E-state index is 0.0259. The minimum Gasteiger partial charge on any atom is -0.466 e. The summed E-state index contributed by atoms with van der Waals surface area (Å²) in [6.45, 7) is 4.80. The van der Waals surface area contributed by atoms with Crippen molar-refractivity contribution >= 4 is 11.9 Å². The summed E-state index contributed by atoms with van der Waals surface area (Å²) < 4.78 is 5.43. The van der Waals surface area contributed by atoms with Crippen molar-refractivity contribution in [1.82, 2.24) is 5.32 Å². The maximum Gasteiger partial charge on any atom is 0.305 e. The second-order valence-electron chi connectivity index (χ2n) is 15.0. The molecule has 0 aromatic heterocycles. The molecule has 2 atom stereocenters. The molecule has 300 valence electrons. The summed E-state index contributed by atoms with van der Waals surface area (Å²) in [6.07, 6.45) is 45.8. The lowest BCUT2D eigenvalue weighted by atomic mass is 10.0. The van der Waals surface area contributed by atoms with Gasteiger partial charge in [-0.3, -0.25) is 9.59 Å². The lowest BCUT2D eigenvalue weighted by Crippen LogP contribution is -2.45. The molecule has 0 bridgehead atoms. The van der Waals surface area contributed by atoms with Crippen molar-refractivity contribution in [2.75, 3.05) is 13.2 Å². The van der Waals surface area contributed by atoms with Crippen molar-refractivity contribution < 1.29 is 24.5 Å². The maximum atomic E-state index is 12.3. The zero-order valence-electron chi connectivity index (χ0n) is 33.8. The number of rotatable bonds is 40. The van der Waals surface area contributed by atoms with Crippen molar-refractivity contribution in [2.45, 2.75) is 238 Å². The Kier molecular flexibility index (Phi) is 39.8. The number of unbranched alkanes of at least 4 members (excludes halogenated alkanes) is 27. The van der Waals surface area contributed by atoms with E-state index in [2.05, 4.69) is 31.3 Å². The van der Waals surface area contributed by atoms with Crippen LogP contribution in [-0.4, -0.2) is 47.4 Å². The monoisotopic (exact) mass is 720 g/mol. The van der Waals surface area contributed by atoms with Crippen LogP contribution < -0.4 is 5.32 Å². The number of amides is 1. The van der Waals surface area contributed by atoms with Gasteiger partial charge in [-0.15, -0.1) is 0 Å². The number of hydrogen-bond donors (Lipinski definition) is 3. The standard InChI is InChI=1S/C45H85NO5/c1-3-5-7-9-11-13-15-16-19-23-27-31-35-39-45(50)51-40-36-32-28-24-20-17-18-22-26-30-34-38-44(49)46-42(41-47)43(48)37-33-29-25-21-14-12-10-8-6-4-2/h13,15,33,37,42-43,47-48H,3-12,14,16-32,34-36,38-41H2,1-2H3,(H,46,49)/b15-13-,37-33+. The largest absolute Gasteiger partial charge is 0.466 e. The first-order valence-corrected chi connectivity index (χ1v) is 22.1. The van der Waals surface area contributed by atoms with Gasteiger partial charge in [0.2, 0.25) is 5.91 Å². The number of ether oxygens (including phenoxy) is 1. The average molecular weight is 720 g/mol. The molecular formula is C45H85NO5. The summed E-state index contributed by atoms with van der Waals surface area (Å²) in [4.78, 5) is 24.3. The quantitative estimate of drug-likeness (QED) is 0.0333. The Morgan fingerprint density at radius 2 is 0.922 bits per heavy atom. The Morgan fingerprint density at radius 1 is 0.529 bits per heavy atom. The maximum absolute atomic E-state index is 12.3. The second-order valence-corrected chi connectivity index (χ2v) is 15.0. The fourth-order valence-corrected chi connectivity index (χ4v) is 6.51. The van der Waals surface area contributed by atoms with Crippen LogP contribution >= 0.6 is 0 Å². The molecule has 0 aromatic carbocycles. The summed E-state index contributed by atoms with van der Waals surface area (Å²) >= 11 is 0. The van der Waals surface area contributed by atoms with E-state index < -0.39 is 12.1 Å². The van der Waals surface area contributed by atoms with Crippen LogP contribution in [0.15, 0.2) is 24.3 Å². The molecule has 2 unspecified atom stereocenters. The summed E-state index contributed by atoms with van der Waals surface area (Å²) in [5, 5.41) is 22.9. The first-order chi connectivity index (χ1) is 25.0. The number of esters is 1. The topological polar surface area (TPSA) is 95.9 Å². The van der Waals surface area contributed by atoms with E-state index in [-0.39, 0.29) is 18.5 Å². The van der Waals surface area contributed by atoms with Gasteiger partial charge in [-0.05, 0) is 57.8 Å². The molecule has 1 amide bonds. The van der Waals surface area contributed by atoms with Gasteiger partial charge >= 0.3 is 5.97 Å². The molecule has 0 aliphatic rings. The molecule has 0 aliphatic carbocycles. The van der Waals surface area contributed by atoms with Gasteiger partial charge in [-0.1, -0.05) is 179 Å². The molecule has 0 fully saturated rings. The first kappa shape index (κ1) is 49.3. The third kappa shape index (κ3) is 37.9. The summed E-state index contributed by atoms with van der Waals surface area (Å²) in [5.74, 6) is -0.116. The van der Waals surface area contributed by atoms with Crippen LogP contribution in [-0.2, 0) is 14.3 Å². The number of nitrogens with one attached hydrogen (secondary N) is 1. The highest BCUT2D eigenvalue weighted by Crippen LogP contribution is 2.14. The van der Waals surface area contributed by atoms with Crippen LogP contribution in [0, 0.1) is 0 Å². The van der Waals surface area contributed by atoms with E-state index in [0.717, 1.165) is 57.8 Å². The molecule has 0 saturated carbocycles. The summed E-state index contributed by atoms with van der Waals surface area (Å²) in [7, 11) is 0. The van der Waals surface area contributed by atoms with E-state index in [1.165, 1.54) is 141 Å². The molecule has 0 radical (unpaired) electrons. The van der Waals surface area contributed by atoms with E-state index in [1.807, 2.05) is 6.08 Å². The molecule has 0 saturated heterocycles. The summed E-state index contributed by atoms with van der Waals surface area (Å²) in [6, 6.07) is -0.639. The Hall–Kier alpha value is -1.66. The Morgan fingerprint density at radius 3 is 1.41 bits per heavy atom. The molecule has 3 N–H and O–H groups in total. The van der Waals surface area contributed by atoms with Crippen molar-refractivity contribution in [1.29, 1.82) is 0 Å². The van der Waals surface area contributed by atoms with Crippen molar-refractivity contribution in [3.63, 3.8) is 0 Å². The summed E-state index contributed by atoms with van der Waals surface area (Å²) in [5.41, 5.74) is 0. The van der Waals surface area contributed by atoms with Gasteiger partial charge in [-0.2, -0.15) is 0 Å². The predicted molar refractivity (Wildman–Crippen MR) is 218 cm³/mol. The van der Waals surface area contributed by atoms with Crippen LogP contribution in [0.5, 0.6) is 0 Å². The molecule has 6 nitrogen and oxygen atoms in total. The SMILES string of the molecule is CCCCCC/C=C\CCCCCCCC(=O)OCCCCCCCCCCCCCC(=O)NC(CO)C(O)/C=C/CCCCCCCCCC. The van der Waals surface area contributed by atoms with Crippen LogP contribution in [0.25, 0.3) is 0 Å². The number of carbonyl (C=O) groups excluding carboxylic acids is 2. The van der Waals surface area contributed by atoms with E-state index in [0.29, 0.717) is 19.4 Å². The molecule has 0 aromatic rings. The van der Waals surface area contributed by atoms with Gasteiger partial charge in [0.25, 0.3) is 0 Å². The van der Waals surface area contributed by atoms with E-state index >= 15 is 0 Å². The predicted octanol–water partition coefficient (Wildman–Crippen LogP) is 12.4. The fourth-order valence-electron chi connectivity index (χ4n) is 6.51. The molecule has 0 heterocycles. The Labute approximate surface area is 316 Å². The van der Waals surface area contributed by atoms with E-state index in [1.54, 1.807) is 6.08 Å². The number of carbonyl (C=O) groups is 2. The minimum atomic E-state index is -0.854.